The molecule has 1 aromatic heterocycles. The lowest BCUT2D eigenvalue weighted by molar-refractivity contribution is 0.467. The average molecular weight is 261 g/mol. The molecule has 18 heavy (non-hydrogen) atoms. The minimum Gasteiger partial charge on any atom is -0.508 e. The van der Waals surface area contributed by atoms with Crippen molar-refractivity contribution in [1.29, 1.82) is 0 Å². The molecular formula is C15H19NOS. The highest BCUT2D eigenvalue weighted by molar-refractivity contribution is 7.10. The predicted molar refractivity (Wildman–Crippen MR) is 77.1 cm³/mol. The maximum absolute atomic E-state index is 9.50. The van der Waals surface area contributed by atoms with Crippen LogP contribution in [0.2, 0.25) is 0 Å². The SMILES string of the molecule is Cc1ccsc1C(C)NC(C)c1cccc(O)c1. The number of thiophene rings is 1. The zero-order valence-electron chi connectivity index (χ0n) is 11.0. The first kappa shape index (κ1) is 13.1. The van der Waals surface area contributed by atoms with Crippen molar-refractivity contribution in [2.75, 3.05) is 0 Å². The first-order valence-electron chi connectivity index (χ1n) is 6.17. The summed E-state index contributed by atoms with van der Waals surface area (Å²) in [7, 11) is 0. The molecule has 0 aliphatic carbocycles. The number of benzene rings is 1. The predicted octanol–water partition coefficient (Wildman–Crippen LogP) is 4.17. The van der Waals surface area contributed by atoms with Gasteiger partial charge in [-0.3, -0.25) is 0 Å². The summed E-state index contributed by atoms with van der Waals surface area (Å²) in [5.41, 5.74) is 2.44. The highest BCUT2D eigenvalue weighted by atomic mass is 32.1. The summed E-state index contributed by atoms with van der Waals surface area (Å²) < 4.78 is 0. The third kappa shape index (κ3) is 2.92. The molecule has 0 bridgehead atoms. The molecule has 0 saturated carbocycles. The number of phenolic OH excluding ortho intramolecular Hbond substituents is 1. The topological polar surface area (TPSA) is 32.3 Å². The Kier molecular flexibility index (Phi) is 4.04. The van der Waals surface area contributed by atoms with Gasteiger partial charge in [-0.05, 0) is 55.5 Å². The molecule has 2 N–H and O–H groups in total. The van der Waals surface area contributed by atoms with Crippen LogP contribution in [0.5, 0.6) is 5.75 Å². The second-order valence-corrected chi connectivity index (χ2v) is 5.62. The molecule has 2 aromatic rings. The van der Waals surface area contributed by atoms with E-state index in [9.17, 15) is 5.11 Å². The Hall–Kier alpha value is -1.32. The summed E-state index contributed by atoms with van der Waals surface area (Å²) in [6.07, 6.45) is 0. The molecule has 2 atom stereocenters. The van der Waals surface area contributed by atoms with Crippen molar-refractivity contribution < 1.29 is 5.11 Å². The van der Waals surface area contributed by atoms with Gasteiger partial charge in [0.1, 0.15) is 5.75 Å². The third-order valence-electron chi connectivity index (χ3n) is 3.17. The smallest absolute Gasteiger partial charge is 0.115 e. The van der Waals surface area contributed by atoms with E-state index in [-0.39, 0.29) is 6.04 Å². The van der Waals surface area contributed by atoms with Gasteiger partial charge in [-0.25, -0.2) is 0 Å². The van der Waals surface area contributed by atoms with Crippen LogP contribution in [0.25, 0.3) is 0 Å². The first-order chi connectivity index (χ1) is 8.58. The molecule has 0 amide bonds. The lowest BCUT2D eigenvalue weighted by Gasteiger charge is -2.20. The molecule has 0 fully saturated rings. The van der Waals surface area contributed by atoms with E-state index in [2.05, 4.69) is 37.5 Å². The monoisotopic (exact) mass is 261 g/mol. The Balaban J connectivity index is 2.08. The molecule has 2 nitrogen and oxygen atoms in total. The molecule has 2 rings (SSSR count). The fraction of sp³-hybridized carbons (Fsp3) is 0.333. The largest absolute Gasteiger partial charge is 0.508 e. The van der Waals surface area contributed by atoms with Crippen LogP contribution >= 0.6 is 11.3 Å². The van der Waals surface area contributed by atoms with Crippen LogP contribution in [0.1, 0.15) is 41.9 Å². The van der Waals surface area contributed by atoms with Crippen LogP contribution in [0.15, 0.2) is 35.7 Å². The van der Waals surface area contributed by atoms with Crippen molar-refractivity contribution in [1.82, 2.24) is 5.32 Å². The van der Waals surface area contributed by atoms with Gasteiger partial charge in [0, 0.05) is 17.0 Å². The fourth-order valence-electron chi connectivity index (χ4n) is 2.17. The normalized spacial score (nSPS) is 14.4. The van der Waals surface area contributed by atoms with E-state index in [1.54, 1.807) is 17.4 Å². The van der Waals surface area contributed by atoms with Gasteiger partial charge in [0.2, 0.25) is 0 Å². The highest BCUT2D eigenvalue weighted by Gasteiger charge is 2.13. The van der Waals surface area contributed by atoms with E-state index >= 15 is 0 Å². The van der Waals surface area contributed by atoms with Crippen molar-refractivity contribution in [2.24, 2.45) is 0 Å². The highest BCUT2D eigenvalue weighted by Crippen LogP contribution is 2.26. The van der Waals surface area contributed by atoms with Gasteiger partial charge >= 0.3 is 0 Å². The van der Waals surface area contributed by atoms with Crippen LogP contribution in [-0.2, 0) is 0 Å². The number of hydrogen-bond acceptors (Lipinski definition) is 3. The molecule has 1 aromatic carbocycles. The van der Waals surface area contributed by atoms with Crippen molar-refractivity contribution in [2.45, 2.75) is 32.9 Å². The Morgan fingerprint density at radius 2 is 1.94 bits per heavy atom. The minimum atomic E-state index is 0.216. The van der Waals surface area contributed by atoms with E-state index in [1.165, 1.54) is 10.4 Å². The van der Waals surface area contributed by atoms with Crippen LogP contribution in [0.4, 0.5) is 0 Å². The van der Waals surface area contributed by atoms with Gasteiger partial charge < -0.3 is 10.4 Å². The van der Waals surface area contributed by atoms with E-state index < -0.39 is 0 Å². The maximum Gasteiger partial charge on any atom is 0.115 e. The molecule has 2 unspecified atom stereocenters. The van der Waals surface area contributed by atoms with E-state index in [1.807, 2.05) is 18.2 Å². The summed E-state index contributed by atoms with van der Waals surface area (Å²) >= 11 is 1.79. The molecule has 3 heteroatoms. The van der Waals surface area contributed by atoms with Crippen molar-refractivity contribution in [3.63, 3.8) is 0 Å². The number of phenols is 1. The van der Waals surface area contributed by atoms with Gasteiger partial charge in [0.15, 0.2) is 0 Å². The summed E-state index contributed by atoms with van der Waals surface area (Å²) in [4.78, 5) is 1.38. The first-order valence-corrected chi connectivity index (χ1v) is 7.05. The lowest BCUT2D eigenvalue weighted by atomic mass is 10.1. The Morgan fingerprint density at radius 3 is 2.56 bits per heavy atom. The summed E-state index contributed by atoms with van der Waals surface area (Å²) in [6, 6.07) is 10.1. The number of hydrogen-bond donors (Lipinski definition) is 2. The average Bonchev–Trinajstić information content (AvgIpc) is 2.75. The van der Waals surface area contributed by atoms with Gasteiger partial charge in [0.25, 0.3) is 0 Å². The van der Waals surface area contributed by atoms with Gasteiger partial charge in [-0.15, -0.1) is 11.3 Å². The second-order valence-electron chi connectivity index (χ2n) is 4.67. The standard InChI is InChI=1S/C15H19NOS/c1-10-7-8-18-15(10)12(3)16-11(2)13-5-4-6-14(17)9-13/h4-9,11-12,16-17H,1-3H3. The molecular weight excluding hydrogens is 242 g/mol. The molecule has 0 spiro atoms. The maximum atomic E-state index is 9.50. The van der Waals surface area contributed by atoms with E-state index in [4.69, 9.17) is 0 Å². The number of nitrogens with one attached hydrogen (secondary N) is 1. The van der Waals surface area contributed by atoms with E-state index in [0.717, 1.165) is 5.56 Å². The number of aromatic hydroxyl groups is 1. The Labute approximate surface area is 112 Å². The van der Waals surface area contributed by atoms with Crippen molar-refractivity contribution in [3.05, 3.63) is 51.7 Å². The summed E-state index contributed by atoms with van der Waals surface area (Å²) in [6.45, 7) is 6.44. The lowest BCUT2D eigenvalue weighted by Crippen LogP contribution is -2.22. The number of rotatable bonds is 4. The fourth-order valence-corrected chi connectivity index (χ4v) is 3.11. The van der Waals surface area contributed by atoms with Crippen LogP contribution in [-0.4, -0.2) is 5.11 Å². The summed E-state index contributed by atoms with van der Waals surface area (Å²) in [5, 5.41) is 15.2. The van der Waals surface area contributed by atoms with Gasteiger partial charge in [-0.2, -0.15) is 0 Å². The molecule has 0 aliphatic heterocycles. The van der Waals surface area contributed by atoms with Crippen molar-refractivity contribution >= 4 is 11.3 Å². The van der Waals surface area contributed by atoms with Crippen LogP contribution in [0, 0.1) is 6.92 Å². The second kappa shape index (κ2) is 5.55. The third-order valence-corrected chi connectivity index (χ3v) is 4.37. The Bertz CT molecular complexity index is 521. The van der Waals surface area contributed by atoms with E-state index in [0.29, 0.717) is 11.8 Å². The molecule has 96 valence electrons. The van der Waals surface area contributed by atoms with Gasteiger partial charge in [0.05, 0.1) is 0 Å². The molecule has 0 aliphatic rings. The van der Waals surface area contributed by atoms with Crippen LogP contribution in [0.3, 0.4) is 0 Å². The summed E-state index contributed by atoms with van der Waals surface area (Å²) in [5.74, 6) is 0.320. The zero-order valence-corrected chi connectivity index (χ0v) is 11.8. The molecule has 0 radical (unpaired) electrons. The number of aryl methyl sites for hydroxylation is 1. The van der Waals surface area contributed by atoms with Crippen LogP contribution < -0.4 is 5.32 Å². The molecule has 0 saturated heterocycles. The Morgan fingerprint density at radius 1 is 1.17 bits per heavy atom. The zero-order chi connectivity index (χ0) is 13.1. The van der Waals surface area contributed by atoms with Gasteiger partial charge in [-0.1, -0.05) is 12.1 Å². The van der Waals surface area contributed by atoms with Crippen molar-refractivity contribution in [3.8, 4) is 5.75 Å². The molecule has 1 heterocycles. The quantitative estimate of drug-likeness (QED) is 0.865. The minimum absolute atomic E-state index is 0.216.